The molecular formula is C22H26O4S. The number of benzene rings is 2. The zero-order valence-corrected chi connectivity index (χ0v) is 16.5. The highest BCUT2D eigenvalue weighted by Crippen LogP contribution is 2.38. The molecule has 0 unspecified atom stereocenters. The van der Waals surface area contributed by atoms with Crippen molar-refractivity contribution in [2.45, 2.75) is 49.9 Å². The molecule has 0 spiro atoms. The number of hydrogen-bond donors (Lipinski definition) is 1. The first-order valence-electron chi connectivity index (χ1n) is 9.21. The van der Waals surface area contributed by atoms with Gasteiger partial charge >= 0.3 is 0 Å². The summed E-state index contributed by atoms with van der Waals surface area (Å²) in [4.78, 5) is 0.525. The van der Waals surface area contributed by atoms with Gasteiger partial charge in [0, 0.05) is 5.92 Å². The molecule has 1 N–H and O–H groups in total. The van der Waals surface area contributed by atoms with Crippen LogP contribution < -0.4 is 0 Å². The molecule has 3 atom stereocenters. The third-order valence-corrected chi connectivity index (χ3v) is 7.36. The van der Waals surface area contributed by atoms with E-state index < -0.39 is 27.5 Å². The number of allylic oxidation sites excluding steroid dienone is 1. The summed E-state index contributed by atoms with van der Waals surface area (Å²) >= 11 is 0. The summed E-state index contributed by atoms with van der Waals surface area (Å²) in [5.41, 5.74) is 0.201. The first-order chi connectivity index (χ1) is 12.8. The van der Waals surface area contributed by atoms with E-state index in [1.807, 2.05) is 37.3 Å². The normalized spacial score (nSPS) is 26.3. The Hall–Kier alpha value is -1.95. The lowest BCUT2D eigenvalue weighted by molar-refractivity contribution is -0.134. The quantitative estimate of drug-likeness (QED) is 0.840. The average Bonchev–Trinajstić information content (AvgIpc) is 2.80. The second-order valence-electron chi connectivity index (χ2n) is 7.28. The minimum Gasteiger partial charge on any atom is -0.389 e. The fourth-order valence-corrected chi connectivity index (χ4v) is 5.33. The van der Waals surface area contributed by atoms with Crippen molar-refractivity contribution in [2.24, 2.45) is 5.92 Å². The van der Waals surface area contributed by atoms with Gasteiger partial charge in [-0.05, 0) is 37.5 Å². The van der Waals surface area contributed by atoms with E-state index in [0.29, 0.717) is 19.4 Å². The minimum atomic E-state index is -3.64. The van der Waals surface area contributed by atoms with Crippen molar-refractivity contribution >= 4 is 9.84 Å². The Balaban J connectivity index is 1.82. The van der Waals surface area contributed by atoms with E-state index in [2.05, 4.69) is 0 Å². The molecule has 144 valence electrons. The van der Waals surface area contributed by atoms with Gasteiger partial charge in [-0.15, -0.1) is 0 Å². The molecule has 0 amide bonds. The van der Waals surface area contributed by atoms with Crippen molar-refractivity contribution in [3.63, 3.8) is 0 Å². The van der Waals surface area contributed by atoms with Gasteiger partial charge in [0.1, 0.15) is 0 Å². The van der Waals surface area contributed by atoms with Crippen molar-refractivity contribution in [1.82, 2.24) is 0 Å². The SMILES string of the molecule is C[C@H]1C(S(=O)(=O)c2ccccc2)=CCC[C@](C)(OCc2ccccc2)[C@H]1O. The Kier molecular flexibility index (Phi) is 5.84. The summed E-state index contributed by atoms with van der Waals surface area (Å²) in [7, 11) is -3.64. The van der Waals surface area contributed by atoms with Gasteiger partial charge in [-0.1, -0.05) is 61.5 Å². The Morgan fingerprint density at radius 2 is 1.67 bits per heavy atom. The Bertz CT molecular complexity index is 890. The van der Waals surface area contributed by atoms with Gasteiger partial charge in [0.2, 0.25) is 9.84 Å². The average molecular weight is 387 g/mol. The lowest BCUT2D eigenvalue weighted by atomic mass is 9.88. The monoisotopic (exact) mass is 386 g/mol. The van der Waals surface area contributed by atoms with Crippen LogP contribution in [0.4, 0.5) is 0 Å². The van der Waals surface area contributed by atoms with E-state index in [0.717, 1.165) is 5.56 Å². The molecule has 1 aliphatic carbocycles. The molecule has 3 rings (SSSR count). The number of sulfone groups is 1. The van der Waals surface area contributed by atoms with Crippen LogP contribution in [0.25, 0.3) is 0 Å². The lowest BCUT2D eigenvalue weighted by Crippen LogP contribution is -2.45. The number of hydrogen-bond acceptors (Lipinski definition) is 4. The fraction of sp³-hybridized carbons (Fsp3) is 0.364. The molecule has 0 aromatic heterocycles. The molecule has 0 saturated carbocycles. The number of aliphatic hydroxyl groups excluding tert-OH is 1. The van der Waals surface area contributed by atoms with E-state index in [-0.39, 0.29) is 9.80 Å². The zero-order valence-electron chi connectivity index (χ0n) is 15.7. The van der Waals surface area contributed by atoms with Gasteiger partial charge in [0.05, 0.1) is 28.1 Å². The van der Waals surface area contributed by atoms with Crippen molar-refractivity contribution in [3.8, 4) is 0 Å². The van der Waals surface area contributed by atoms with Crippen LogP contribution in [0.15, 0.2) is 76.5 Å². The maximum Gasteiger partial charge on any atom is 0.202 e. The van der Waals surface area contributed by atoms with E-state index in [1.54, 1.807) is 43.3 Å². The van der Waals surface area contributed by atoms with Crippen LogP contribution in [-0.4, -0.2) is 25.2 Å². The summed E-state index contributed by atoms with van der Waals surface area (Å²) in [5.74, 6) is -0.557. The van der Waals surface area contributed by atoms with Crippen LogP contribution in [-0.2, 0) is 21.2 Å². The van der Waals surface area contributed by atoms with Gasteiger partial charge in [-0.3, -0.25) is 0 Å². The van der Waals surface area contributed by atoms with Crippen LogP contribution in [0.2, 0.25) is 0 Å². The van der Waals surface area contributed by atoms with Gasteiger partial charge in [0.25, 0.3) is 0 Å². The van der Waals surface area contributed by atoms with Gasteiger partial charge in [-0.25, -0.2) is 8.42 Å². The van der Waals surface area contributed by atoms with Crippen LogP contribution in [0.1, 0.15) is 32.3 Å². The van der Waals surface area contributed by atoms with Gasteiger partial charge in [0.15, 0.2) is 0 Å². The number of rotatable bonds is 5. The summed E-state index contributed by atoms with van der Waals surface area (Å²) in [6, 6.07) is 18.1. The highest BCUT2D eigenvalue weighted by molar-refractivity contribution is 7.95. The highest BCUT2D eigenvalue weighted by Gasteiger charge is 2.43. The van der Waals surface area contributed by atoms with Crippen LogP contribution in [0, 0.1) is 5.92 Å². The first-order valence-corrected chi connectivity index (χ1v) is 10.7. The predicted molar refractivity (Wildman–Crippen MR) is 106 cm³/mol. The molecule has 0 saturated heterocycles. The predicted octanol–water partition coefficient (Wildman–Crippen LogP) is 4.11. The second-order valence-corrected chi connectivity index (χ2v) is 9.23. The van der Waals surface area contributed by atoms with Crippen LogP contribution in [0.3, 0.4) is 0 Å². The molecular weight excluding hydrogens is 360 g/mol. The fourth-order valence-electron chi connectivity index (χ4n) is 3.59. The van der Waals surface area contributed by atoms with Crippen molar-refractivity contribution in [1.29, 1.82) is 0 Å². The van der Waals surface area contributed by atoms with E-state index in [4.69, 9.17) is 4.74 Å². The van der Waals surface area contributed by atoms with Crippen molar-refractivity contribution < 1.29 is 18.3 Å². The molecule has 0 aliphatic heterocycles. The molecule has 0 radical (unpaired) electrons. The molecule has 0 heterocycles. The summed E-state index contributed by atoms with van der Waals surface area (Å²) < 4.78 is 32.2. The molecule has 2 aromatic carbocycles. The summed E-state index contributed by atoms with van der Waals surface area (Å²) in [5, 5.41) is 11.0. The molecule has 27 heavy (non-hydrogen) atoms. The molecule has 1 aliphatic rings. The third kappa shape index (κ3) is 4.15. The number of aliphatic hydroxyl groups is 1. The van der Waals surface area contributed by atoms with E-state index in [1.165, 1.54) is 0 Å². The minimum absolute atomic E-state index is 0.254. The second kappa shape index (κ2) is 7.97. The largest absolute Gasteiger partial charge is 0.389 e. The first kappa shape index (κ1) is 19.8. The molecule has 0 bridgehead atoms. The Morgan fingerprint density at radius 3 is 2.30 bits per heavy atom. The van der Waals surface area contributed by atoms with Gasteiger partial charge < -0.3 is 9.84 Å². The van der Waals surface area contributed by atoms with E-state index >= 15 is 0 Å². The van der Waals surface area contributed by atoms with Gasteiger partial charge in [-0.2, -0.15) is 0 Å². The Morgan fingerprint density at radius 1 is 1.07 bits per heavy atom. The summed E-state index contributed by atoms with van der Waals surface area (Å²) in [6.07, 6.45) is 1.91. The maximum atomic E-state index is 13.1. The maximum absolute atomic E-state index is 13.1. The standard InChI is InChI=1S/C22H26O4S/c1-17-20(27(24,25)19-12-7-4-8-13-19)14-9-15-22(2,21(17)23)26-16-18-10-5-3-6-11-18/h3-8,10-14,17,21,23H,9,15-16H2,1-2H3/t17-,21-,22-/m0/s1. The topological polar surface area (TPSA) is 63.6 Å². The van der Waals surface area contributed by atoms with E-state index in [9.17, 15) is 13.5 Å². The third-order valence-electron chi connectivity index (χ3n) is 5.31. The van der Waals surface area contributed by atoms with Crippen LogP contribution in [0.5, 0.6) is 0 Å². The van der Waals surface area contributed by atoms with Crippen LogP contribution >= 0.6 is 0 Å². The molecule has 4 nitrogen and oxygen atoms in total. The number of ether oxygens (including phenoxy) is 1. The molecule has 0 fully saturated rings. The Labute approximate surface area is 161 Å². The highest BCUT2D eigenvalue weighted by atomic mass is 32.2. The zero-order chi connectivity index (χ0) is 19.5. The molecule has 2 aromatic rings. The smallest absolute Gasteiger partial charge is 0.202 e. The lowest BCUT2D eigenvalue weighted by Gasteiger charge is -2.36. The summed E-state index contributed by atoms with van der Waals surface area (Å²) in [6.45, 7) is 4.00. The van der Waals surface area contributed by atoms with Crippen molar-refractivity contribution in [2.75, 3.05) is 0 Å². The molecule has 5 heteroatoms. The van der Waals surface area contributed by atoms with Crippen molar-refractivity contribution in [3.05, 3.63) is 77.2 Å².